The summed E-state index contributed by atoms with van der Waals surface area (Å²) in [5, 5.41) is 3.28. The molecule has 8 nitrogen and oxygen atoms in total. The van der Waals surface area contributed by atoms with Gasteiger partial charge < -0.3 is 24.2 Å². The Bertz CT molecular complexity index is 820. The average molecular weight is 384 g/mol. The van der Waals surface area contributed by atoms with Gasteiger partial charge in [0.25, 0.3) is 6.01 Å². The van der Waals surface area contributed by atoms with E-state index >= 15 is 0 Å². The molecule has 2 N–H and O–H groups in total. The molecular formula is C15H18ClN5O3S. The van der Waals surface area contributed by atoms with E-state index in [9.17, 15) is 0 Å². The lowest BCUT2D eigenvalue weighted by Gasteiger charge is -2.07. The number of nitrogens with zero attached hydrogens (tertiary/aromatic N) is 3. The third kappa shape index (κ3) is 4.17. The molecule has 1 fully saturated rings. The highest BCUT2D eigenvalue weighted by atomic mass is 35.5. The monoisotopic (exact) mass is 383 g/mol. The Labute approximate surface area is 155 Å². The topological polar surface area (TPSA) is 98.1 Å². The summed E-state index contributed by atoms with van der Waals surface area (Å²) in [4.78, 5) is 15.7. The zero-order valence-electron chi connectivity index (χ0n) is 13.3. The number of fused-ring (bicyclic) bond motifs is 1. The molecule has 0 spiro atoms. The summed E-state index contributed by atoms with van der Waals surface area (Å²) in [6.07, 6.45) is 2.62. The number of hydrogen-bond donors (Lipinski definition) is 2. The van der Waals surface area contributed by atoms with Crippen LogP contribution in [0.15, 0.2) is 22.8 Å². The Morgan fingerprint density at radius 1 is 1.36 bits per heavy atom. The standard InChI is InChI=1S/C15H16ClN5O3.H2S/c16-14-19-12(17-6-10-2-1-4-23-10)11-13(20-14)21-15(18-11)24-8-9-3-5-22-7-9;/h1-2,4,9H,3,5-8H2,(H2,17,18,19,20,21);1H2/t9-;/m1./s1. The van der Waals surface area contributed by atoms with Crippen LogP contribution in [0.1, 0.15) is 12.2 Å². The number of anilines is 1. The van der Waals surface area contributed by atoms with Crippen molar-refractivity contribution in [2.45, 2.75) is 13.0 Å². The van der Waals surface area contributed by atoms with Crippen molar-refractivity contribution in [1.82, 2.24) is 19.9 Å². The van der Waals surface area contributed by atoms with E-state index in [1.54, 1.807) is 6.26 Å². The molecule has 4 heterocycles. The highest BCUT2D eigenvalue weighted by Crippen LogP contribution is 2.24. The molecular weight excluding hydrogens is 366 g/mol. The Morgan fingerprint density at radius 2 is 2.28 bits per heavy atom. The van der Waals surface area contributed by atoms with Crippen molar-refractivity contribution in [1.29, 1.82) is 0 Å². The predicted octanol–water partition coefficient (Wildman–Crippen LogP) is 2.74. The van der Waals surface area contributed by atoms with Crippen LogP contribution in [-0.2, 0) is 11.3 Å². The quantitative estimate of drug-likeness (QED) is 0.631. The summed E-state index contributed by atoms with van der Waals surface area (Å²) in [6, 6.07) is 4.10. The van der Waals surface area contributed by atoms with E-state index in [1.807, 2.05) is 12.1 Å². The van der Waals surface area contributed by atoms with Crippen molar-refractivity contribution in [3.05, 3.63) is 29.4 Å². The molecule has 3 aromatic heterocycles. The summed E-state index contributed by atoms with van der Waals surface area (Å²) < 4.78 is 16.4. The van der Waals surface area contributed by atoms with E-state index in [2.05, 4.69) is 25.3 Å². The van der Waals surface area contributed by atoms with E-state index in [-0.39, 0.29) is 18.8 Å². The molecule has 0 bridgehead atoms. The molecule has 0 aliphatic carbocycles. The fourth-order valence-electron chi connectivity index (χ4n) is 2.54. The minimum atomic E-state index is 0. The Balaban J connectivity index is 0.00000182. The lowest BCUT2D eigenvalue weighted by Crippen LogP contribution is -2.12. The van der Waals surface area contributed by atoms with Crippen LogP contribution in [-0.4, -0.2) is 39.8 Å². The summed E-state index contributed by atoms with van der Waals surface area (Å²) >= 11 is 5.98. The molecule has 10 heteroatoms. The van der Waals surface area contributed by atoms with Gasteiger partial charge in [-0.05, 0) is 30.2 Å². The second-order valence-corrected chi connectivity index (χ2v) is 5.89. The summed E-state index contributed by atoms with van der Waals surface area (Å²) in [5.74, 6) is 1.73. The average Bonchev–Trinajstić information content (AvgIpc) is 3.31. The molecule has 0 amide bonds. The molecule has 3 aromatic rings. The predicted molar refractivity (Wildman–Crippen MR) is 97.5 cm³/mol. The highest BCUT2D eigenvalue weighted by Gasteiger charge is 2.18. The summed E-state index contributed by atoms with van der Waals surface area (Å²) in [7, 11) is 0. The minimum Gasteiger partial charge on any atom is -0.467 e. The molecule has 1 aliphatic rings. The number of imidazole rings is 1. The smallest absolute Gasteiger partial charge is 0.296 e. The van der Waals surface area contributed by atoms with Gasteiger partial charge in [0.2, 0.25) is 5.28 Å². The molecule has 0 saturated carbocycles. The van der Waals surface area contributed by atoms with E-state index in [0.717, 1.165) is 25.4 Å². The molecule has 1 aliphatic heterocycles. The van der Waals surface area contributed by atoms with Crippen LogP contribution >= 0.6 is 25.1 Å². The SMILES string of the molecule is Clc1nc(NCc2ccco2)c2[nH]c(OC[C@@H]3CCOC3)nc2n1.S. The minimum absolute atomic E-state index is 0. The van der Waals surface area contributed by atoms with Gasteiger partial charge in [0.05, 0.1) is 26.0 Å². The van der Waals surface area contributed by atoms with Crippen LogP contribution in [0.4, 0.5) is 5.82 Å². The molecule has 0 unspecified atom stereocenters. The Morgan fingerprint density at radius 3 is 3.04 bits per heavy atom. The zero-order valence-corrected chi connectivity index (χ0v) is 15.0. The van der Waals surface area contributed by atoms with E-state index < -0.39 is 0 Å². The van der Waals surface area contributed by atoms with Crippen LogP contribution in [0.25, 0.3) is 11.2 Å². The van der Waals surface area contributed by atoms with Gasteiger partial charge >= 0.3 is 0 Å². The van der Waals surface area contributed by atoms with Gasteiger partial charge in [-0.15, -0.1) is 0 Å². The third-order valence-corrected chi connectivity index (χ3v) is 3.96. The fourth-order valence-corrected chi connectivity index (χ4v) is 2.71. The normalized spacial score (nSPS) is 16.8. The molecule has 25 heavy (non-hydrogen) atoms. The second kappa shape index (κ2) is 7.94. The van der Waals surface area contributed by atoms with Gasteiger partial charge in [0.1, 0.15) is 11.3 Å². The first kappa shape index (κ1) is 17.8. The zero-order chi connectivity index (χ0) is 16.4. The molecule has 0 aromatic carbocycles. The van der Waals surface area contributed by atoms with Crippen LogP contribution in [0, 0.1) is 5.92 Å². The first-order chi connectivity index (χ1) is 11.8. The maximum absolute atomic E-state index is 5.98. The molecule has 4 rings (SSSR count). The van der Waals surface area contributed by atoms with Crippen molar-refractivity contribution in [3.63, 3.8) is 0 Å². The number of rotatable bonds is 6. The fraction of sp³-hybridized carbons (Fsp3) is 0.400. The summed E-state index contributed by atoms with van der Waals surface area (Å²) in [6.45, 7) is 2.54. The van der Waals surface area contributed by atoms with Crippen molar-refractivity contribution >= 4 is 42.1 Å². The number of halogens is 1. The van der Waals surface area contributed by atoms with Crippen LogP contribution in [0.3, 0.4) is 0 Å². The van der Waals surface area contributed by atoms with Crippen molar-refractivity contribution in [2.24, 2.45) is 5.92 Å². The van der Waals surface area contributed by atoms with Gasteiger partial charge in [-0.25, -0.2) is 0 Å². The molecule has 134 valence electrons. The number of nitrogens with one attached hydrogen (secondary N) is 2. The third-order valence-electron chi connectivity index (χ3n) is 3.79. The lowest BCUT2D eigenvalue weighted by molar-refractivity contribution is 0.164. The number of aromatic amines is 1. The molecule has 1 atom stereocenters. The van der Waals surface area contributed by atoms with Gasteiger partial charge in [0, 0.05) is 12.5 Å². The first-order valence-electron chi connectivity index (χ1n) is 7.68. The van der Waals surface area contributed by atoms with Gasteiger partial charge in [0.15, 0.2) is 11.5 Å². The van der Waals surface area contributed by atoms with E-state index in [0.29, 0.717) is 42.1 Å². The van der Waals surface area contributed by atoms with Crippen molar-refractivity contribution in [3.8, 4) is 6.01 Å². The first-order valence-corrected chi connectivity index (χ1v) is 8.06. The number of H-pyrrole nitrogens is 1. The van der Waals surface area contributed by atoms with E-state index in [1.165, 1.54) is 0 Å². The van der Waals surface area contributed by atoms with Crippen LogP contribution < -0.4 is 10.1 Å². The number of hydrogen-bond acceptors (Lipinski definition) is 7. The molecule has 1 saturated heterocycles. The van der Waals surface area contributed by atoms with Crippen LogP contribution in [0.2, 0.25) is 5.28 Å². The van der Waals surface area contributed by atoms with Gasteiger partial charge in [-0.2, -0.15) is 28.4 Å². The Kier molecular flexibility index (Phi) is 5.67. The number of furan rings is 1. The second-order valence-electron chi connectivity index (χ2n) is 5.56. The number of ether oxygens (including phenoxy) is 2. The summed E-state index contributed by atoms with van der Waals surface area (Å²) in [5.41, 5.74) is 1.10. The van der Waals surface area contributed by atoms with Crippen LogP contribution in [0.5, 0.6) is 6.01 Å². The number of aromatic nitrogens is 4. The largest absolute Gasteiger partial charge is 0.467 e. The van der Waals surface area contributed by atoms with Gasteiger partial charge in [-0.1, -0.05) is 0 Å². The van der Waals surface area contributed by atoms with Gasteiger partial charge in [-0.3, -0.25) is 0 Å². The highest BCUT2D eigenvalue weighted by molar-refractivity contribution is 7.59. The Hall–Kier alpha value is -1.97. The lowest BCUT2D eigenvalue weighted by atomic mass is 10.1. The van der Waals surface area contributed by atoms with E-state index in [4.69, 9.17) is 25.5 Å². The van der Waals surface area contributed by atoms with Crippen molar-refractivity contribution < 1.29 is 13.9 Å². The molecule has 0 radical (unpaired) electrons. The maximum Gasteiger partial charge on any atom is 0.296 e. The van der Waals surface area contributed by atoms with Crippen molar-refractivity contribution in [2.75, 3.05) is 25.1 Å². The maximum atomic E-state index is 5.98.